The summed E-state index contributed by atoms with van der Waals surface area (Å²) in [6.07, 6.45) is 3.06. The van der Waals surface area contributed by atoms with Gasteiger partial charge in [-0.1, -0.05) is 0 Å². The van der Waals surface area contributed by atoms with Crippen molar-refractivity contribution in [2.75, 3.05) is 6.54 Å². The highest BCUT2D eigenvalue weighted by Crippen LogP contribution is 2.20. The van der Waals surface area contributed by atoms with E-state index in [9.17, 15) is 14.3 Å². The molecule has 1 aliphatic rings. The van der Waals surface area contributed by atoms with Crippen LogP contribution in [0.25, 0.3) is 11.0 Å². The minimum absolute atomic E-state index is 0.0275. The standard InChI is InChI=1S/C16H20FN3O2/c1-10-12(17)4-5-14-16(10)19-9-20(14)8-11(21)7-13-15(22)3-2-6-18-13/h4-5,9,13,15,18,22H,2-3,6-8H2,1H3/t13-,15+/m1/s1. The zero-order valence-corrected chi connectivity index (χ0v) is 12.6. The van der Waals surface area contributed by atoms with Crippen molar-refractivity contribution in [1.82, 2.24) is 14.9 Å². The van der Waals surface area contributed by atoms with Gasteiger partial charge in [-0.15, -0.1) is 0 Å². The Bertz CT molecular complexity index is 698. The maximum atomic E-state index is 13.5. The second-order valence-electron chi connectivity index (χ2n) is 5.93. The number of aromatic nitrogens is 2. The molecule has 5 nitrogen and oxygen atoms in total. The summed E-state index contributed by atoms with van der Waals surface area (Å²) in [6, 6.07) is 2.87. The van der Waals surface area contributed by atoms with Crippen LogP contribution in [0, 0.1) is 12.7 Å². The molecule has 0 unspecified atom stereocenters. The Hall–Kier alpha value is -1.79. The lowest BCUT2D eigenvalue weighted by Crippen LogP contribution is -2.46. The molecule has 2 N–H and O–H groups in total. The number of Topliss-reactive ketones (excluding diaryl/α,β-unsaturated/α-hetero) is 1. The van der Waals surface area contributed by atoms with E-state index in [-0.39, 0.29) is 24.2 Å². The number of nitrogens with one attached hydrogen (secondary N) is 1. The van der Waals surface area contributed by atoms with E-state index in [0.29, 0.717) is 17.5 Å². The summed E-state index contributed by atoms with van der Waals surface area (Å²) in [6.45, 7) is 2.70. The Kier molecular flexibility index (Phi) is 4.22. The molecule has 0 bridgehead atoms. The average molecular weight is 305 g/mol. The lowest BCUT2D eigenvalue weighted by atomic mass is 9.97. The number of imidazole rings is 1. The maximum Gasteiger partial charge on any atom is 0.154 e. The van der Waals surface area contributed by atoms with Gasteiger partial charge in [0.2, 0.25) is 0 Å². The Morgan fingerprint density at radius 3 is 3.14 bits per heavy atom. The summed E-state index contributed by atoms with van der Waals surface area (Å²) in [4.78, 5) is 16.4. The molecule has 2 atom stereocenters. The van der Waals surface area contributed by atoms with Crippen LogP contribution in [0.3, 0.4) is 0 Å². The van der Waals surface area contributed by atoms with Gasteiger partial charge in [-0.05, 0) is 38.4 Å². The van der Waals surface area contributed by atoms with Gasteiger partial charge in [0.1, 0.15) is 5.82 Å². The number of benzene rings is 1. The Balaban J connectivity index is 1.73. The van der Waals surface area contributed by atoms with Gasteiger partial charge < -0.3 is 15.0 Å². The van der Waals surface area contributed by atoms with E-state index >= 15 is 0 Å². The Labute approximate surface area is 128 Å². The molecular weight excluding hydrogens is 285 g/mol. The van der Waals surface area contributed by atoms with Crippen LogP contribution in [0.2, 0.25) is 0 Å². The minimum atomic E-state index is -0.464. The first-order valence-corrected chi connectivity index (χ1v) is 7.59. The molecular formula is C16H20FN3O2. The number of aryl methyl sites for hydroxylation is 1. The molecule has 0 aliphatic carbocycles. The molecule has 0 radical (unpaired) electrons. The van der Waals surface area contributed by atoms with Crippen molar-refractivity contribution in [1.29, 1.82) is 0 Å². The molecule has 1 aromatic heterocycles. The van der Waals surface area contributed by atoms with Gasteiger partial charge in [0.25, 0.3) is 0 Å². The topological polar surface area (TPSA) is 67.2 Å². The summed E-state index contributed by atoms with van der Waals surface area (Å²) in [5.41, 5.74) is 1.83. The molecule has 2 heterocycles. The molecule has 6 heteroatoms. The highest BCUT2D eigenvalue weighted by atomic mass is 19.1. The predicted octanol–water partition coefficient (Wildman–Crippen LogP) is 1.56. The van der Waals surface area contributed by atoms with E-state index < -0.39 is 6.10 Å². The third kappa shape index (κ3) is 2.89. The van der Waals surface area contributed by atoms with Crippen molar-refractivity contribution in [2.24, 2.45) is 0 Å². The molecule has 1 aromatic carbocycles. The number of hydrogen-bond donors (Lipinski definition) is 2. The number of piperidine rings is 1. The van der Waals surface area contributed by atoms with Gasteiger partial charge in [0.05, 0.1) is 30.0 Å². The first kappa shape index (κ1) is 15.1. The zero-order chi connectivity index (χ0) is 15.7. The van der Waals surface area contributed by atoms with Gasteiger partial charge in [0.15, 0.2) is 5.78 Å². The molecule has 0 amide bonds. The van der Waals surface area contributed by atoms with Crippen molar-refractivity contribution in [3.63, 3.8) is 0 Å². The van der Waals surface area contributed by atoms with Crippen molar-refractivity contribution in [3.8, 4) is 0 Å². The third-order valence-electron chi connectivity index (χ3n) is 4.32. The number of ketones is 1. The first-order valence-electron chi connectivity index (χ1n) is 7.59. The van der Waals surface area contributed by atoms with E-state index in [1.165, 1.54) is 6.07 Å². The smallest absolute Gasteiger partial charge is 0.154 e. The number of hydrogen-bond acceptors (Lipinski definition) is 4. The monoisotopic (exact) mass is 305 g/mol. The van der Waals surface area contributed by atoms with Crippen LogP contribution in [0.5, 0.6) is 0 Å². The van der Waals surface area contributed by atoms with Crippen LogP contribution < -0.4 is 5.32 Å². The van der Waals surface area contributed by atoms with E-state index in [4.69, 9.17) is 0 Å². The fourth-order valence-electron chi connectivity index (χ4n) is 3.02. The molecule has 1 aliphatic heterocycles. The van der Waals surface area contributed by atoms with E-state index in [2.05, 4.69) is 10.3 Å². The summed E-state index contributed by atoms with van der Waals surface area (Å²) in [5, 5.41) is 13.1. The Morgan fingerprint density at radius 2 is 2.36 bits per heavy atom. The maximum absolute atomic E-state index is 13.5. The van der Waals surface area contributed by atoms with E-state index in [1.54, 1.807) is 23.9 Å². The van der Waals surface area contributed by atoms with Gasteiger partial charge in [-0.3, -0.25) is 4.79 Å². The fraction of sp³-hybridized carbons (Fsp3) is 0.500. The number of fused-ring (bicyclic) bond motifs is 1. The summed E-state index contributed by atoms with van der Waals surface area (Å²) >= 11 is 0. The molecule has 22 heavy (non-hydrogen) atoms. The number of carbonyl (C=O) groups excluding carboxylic acids is 1. The van der Waals surface area contributed by atoms with Crippen LogP contribution in [0.1, 0.15) is 24.8 Å². The van der Waals surface area contributed by atoms with Crippen LogP contribution in [0.15, 0.2) is 18.5 Å². The van der Waals surface area contributed by atoms with E-state index in [1.807, 2.05) is 0 Å². The largest absolute Gasteiger partial charge is 0.391 e. The van der Waals surface area contributed by atoms with Crippen LogP contribution in [0.4, 0.5) is 4.39 Å². The zero-order valence-electron chi connectivity index (χ0n) is 12.6. The highest BCUT2D eigenvalue weighted by Gasteiger charge is 2.25. The van der Waals surface area contributed by atoms with Crippen LogP contribution in [-0.4, -0.2) is 39.1 Å². The average Bonchev–Trinajstić information content (AvgIpc) is 2.89. The van der Waals surface area contributed by atoms with Crippen molar-refractivity contribution in [3.05, 3.63) is 29.8 Å². The van der Waals surface area contributed by atoms with Crippen molar-refractivity contribution >= 4 is 16.8 Å². The fourth-order valence-corrected chi connectivity index (χ4v) is 3.02. The SMILES string of the molecule is Cc1c(F)ccc2c1ncn2CC(=O)C[C@H]1NCCC[C@@H]1O. The van der Waals surface area contributed by atoms with Gasteiger partial charge >= 0.3 is 0 Å². The summed E-state index contributed by atoms with van der Waals surface area (Å²) in [7, 11) is 0. The number of rotatable bonds is 4. The Morgan fingerprint density at radius 1 is 1.55 bits per heavy atom. The second kappa shape index (κ2) is 6.14. The molecule has 118 valence electrons. The molecule has 0 spiro atoms. The predicted molar refractivity (Wildman–Crippen MR) is 81.1 cm³/mol. The number of halogens is 1. The lowest BCUT2D eigenvalue weighted by Gasteiger charge is -2.28. The first-order chi connectivity index (χ1) is 10.6. The quantitative estimate of drug-likeness (QED) is 0.899. The normalized spacial score (nSPS) is 22.1. The van der Waals surface area contributed by atoms with Gasteiger partial charge in [0, 0.05) is 18.0 Å². The molecule has 3 rings (SSSR count). The molecule has 1 fully saturated rings. The number of carbonyl (C=O) groups is 1. The number of nitrogens with zero attached hydrogens (tertiary/aromatic N) is 2. The van der Waals surface area contributed by atoms with Crippen LogP contribution in [-0.2, 0) is 11.3 Å². The minimum Gasteiger partial charge on any atom is -0.391 e. The van der Waals surface area contributed by atoms with Gasteiger partial charge in [-0.25, -0.2) is 9.37 Å². The van der Waals surface area contributed by atoms with Crippen molar-refractivity contribution < 1.29 is 14.3 Å². The number of aliphatic hydroxyl groups excluding tert-OH is 1. The number of aliphatic hydroxyl groups is 1. The molecule has 0 saturated carbocycles. The summed E-state index contributed by atoms with van der Waals surface area (Å²) in [5.74, 6) is -0.265. The second-order valence-corrected chi connectivity index (χ2v) is 5.93. The third-order valence-corrected chi connectivity index (χ3v) is 4.32. The molecule has 1 saturated heterocycles. The lowest BCUT2D eigenvalue weighted by molar-refractivity contribution is -0.121. The van der Waals surface area contributed by atoms with E-state index in [0.717, 1.165) is 24.9 Å². The summed E-state index contributed by atoms with van der Waals surface area (Å²) < 4.78 is 15.3. The highest BCUT2D eigenvalue weighted by molar-refractivity contribution is 5.83. The van der Waals surface area contributed by atoms with Crippen LogP contribution >= 0.6 is 0 Å². The van der Waals surface area contributed by atoms with Gasteiger partial charge in [-0.2, -0.15) is 0 Å². The molecule has 2 aromatic rings. The van der Waals surface area contributed by atoms with Crippen molar-refractivity contribution in [2.45, 2.75) is 44.9 Å².